The van der Waals surface area contributed by atoms with Crippen LogP contribution in [-0.4, -0.2) is 32.7 Å². The molecule has 19 heavy (non-hydrogen) atoms. The van der Waals surface area contributed by atoms with Crippen LogP contribution in [0.25, 0.3) is 0 Å². The third kappa shape index (κ3) is 4.24. The summed E-state index contributed by atoms with van der Waals surface area (Å²) in [7, 11) is 1.64. The molecule has 1 aliphatic heterocycles. The molecule has 1 heterocycles. The fourth-order valence-corrected chi connectivity index (χ4v) is 1.93. The van der Waals surface area contributed by atoms with Crippen LogP contribution in [0.4, 0.5) is 0 Å². The summed E-state index contributed by atoms with van der Waals surface area (Å²) in [5.74, 6) is 1.91. The maximum Gasteiger partial charge on any atom is 0.126 e. The molecular formula is C15H20O4. The fraction of sp³-hybridized carbons (Fsp3) is 0.533. The highest BCUT2D eigenvalue weighted by Crippen LogP contribution is 2.28. The van der Waals surface area contributed by atoms with E-state index < -0.39 is 0 Å². The zero-order valence-electron chi connectivity index (χ0n) is 11.4. The highest BCUT2D eigenvalue weighted by Gasteiger charge is 2.23. The van der Waals surface area contributed by atoms with Gasteiger partial charge in [-0.3, -0.25) is 0 Å². The quantitative estimate of drug-likeness (QED) is 0.533. The Hall–Kier alpha value is -1.55. The Morgan fingerprint density at radius 3 is 2.95 bits per heavy atom. The molecule has 1 fully saturated rings. The van der Waals surface area contributed by atoms with Crippen LogP contribution in [0.5, 0.6) is 11.5 Å². The van der Waals surface area contributed by atoms with Gasteiger partial charge < -0.3 is 19.0 Å². The van der Waals surface area contributed by atoms with Crippen LogP contribution in [0.2, 0.25) is 0 Å². The smallest absolute Gasteiger partial charge is 0.126 e. The minimum atomic E-state index is 0.228. The summed E-state index contributed by atoms with van der Waals surface area (Å²) in [4.78, 5) is 10.5. The summed E-state index contributed by atoms with van der Waals surface area (Å²) in [5.41, 5.74) is 1.11. The summed E-state index contributed by atoms with van der Waals surface area (Å²) in [6.07, 6.45) is 2.58. The van der Waals surface area contributed by atoms with E-state index in [1.165, 1.54) is 0 Å². The van der Waals surface area contributed by atoms with Crippen LogP contribution < -0.4 is 9.47 Å². The predicted molar refractivity (Wildman–Crippen MR) is 71.8 cm³/mol. The van der Waals surface area contributed by atoms with Crippen LogP contribution >= 0.6 is 0 Å². The van der Waals surface area contributed by atoms with Gasteiger partial charge in [-0.2, -0.15) is 0 Å². The molecule has 4 nitrogen and oxygen atoms in total. The van der Waals surface area contributed by atoms with Crippen molar-refractivity contribution >= 4 is 6.29 Å². The molecule has 0 amide bonds. The van der Waals surface area contributed by atoms with Gasteiger partial charge in [0.15, 0.2) is 0 Å². The molecule has 1 aliphatic rings. The van der Waals surface area contributed by atoms with Gasteiger partial charge in [0, 0.05) is 12.5 Å². The van der Waals surface area contributed by atoms with Gasteiger partial charge >= 0.3 is 0 Å². The Balaban J connectivity index is 2.06. The van der Waals surface area contributed by atoms with Gasteiger partial charge in [0.1, 0.15) is 30.5 Å². The highest BCUT2D eigenvalue weighted by molar-refractivity contribution is 5.50. The third-order valence-electron chi connectivity index (χ3n) is 3.17. The largest absolute Gasteiger partial charge is 0.497 e. The third-order valence-corrected chi connectivity index (χ3v) is 3.17. The first-order chi connectivity index (χ1) is 9.22. The van der Waals surface area contributed by atoms with Crippen LogP contribution in [0.3, 0.4) is 0 Å². The van der Waals surface area contributed by atoms with Crippen LogP contribution in [0, 0.1) is 5.92 Å². The van der Waals surface area contributed by atoms with Gasteiger partial charge in [-0.25, -0.2) is 0 Å². The van der Waals surface area contributed by atoms with Crippen molar-refractivity contribution < 1.29 is 19.0 Å². The lowest BCUT2D eigenvalue weighted by Crippen LogP contribution is -2.08. The molecule has 2 rings (SSSR count). The van der Waals surface area contributed by atoms with Crippen LogP contribution in [0.15, 0.2) is 18.2 Å². The lowest BCUT2D eigenvalue weighted by molar-refractivity contribution is -0.108. The van der Waals surface area contributed by atoms with Gasteiger partial charge in [0.05, 0.1) is 13.7 Å². The van der Waals surface area contributed by atoms with E-state index in [-0.39, 0.29) is 6.10 Å². The van der Waals surface area contributed by atoms with Gasteiger partial charge in [-0.15, -0.1) is 0 Å². The summed E-state index contributed by atoms with van der Waals surface area (Å²) in [6.45, 7) is 3.41. The second-order valence-corrected chi connectivity index (χ2v) is 4.95. The number of carbonyl (C=O) groups excluding carboxylic acids is 1. The average Bonchev–Trinajstić information content (AvgIpc) is 3.22. The van der Waals surface area contributed by atoms with E-state index in [2.05, 4.69) is 6.92 Å². The molecule has 0 aromatic heterocycles. The van der Waals surface area contributed by atoms with Crippen molar-refractivity contribution in [2.75, 3.05) is 20.3 Å². The number of carbonyl (C=O) groups is 1. The van der Waals surface area contributed by atoms with Crippen molar-refractivity contribution in [1.82, 2.24) is 0 Å². The van der Waals surface area contributed by atoms with E-state index >= 15 is 0 Å². The minimum absolute atomic E-state index is 0.228. The van der Waals surface area contributed by atoms with Crippen molar-refractivity contribution in [2.45, 2.75) is 25.9 Å². The van der Waals surface area contributed by atoms with Crippen molar-refractivity contribution in [2.24, 2.45) is 5.92 Å². The van der Waals surface area contributed by atoms with Crippen molar-refractivity contribution in [3.8, 4) is 11.5 Å². The zero-order valence-corrected chi connectivity index (χ0v) is 11.4. The molecule has 0 spiro atoms. The molecule has 4 heteroatoms. The van der Waals surface area contributed by atoms with Crippen molar-refractivity contribution in [3.05, 3.63) is 23.8 Å². The standard InChI is InChI=1S/C15H20O4/c1-11(5-6-16)7-12-3-4-13(17-2)8-15(12)19-10-14-9-18-14/h3-4,6,8,11,14H,5,7,9-10H2,1-2H3/t11-,14?/m0/s1. The van der Waals surface area contributed by atoms with Crippen molar-refractivity contribution in [3.63, 3.8) is 0 Å². The maximum atomic E-state index is 10.5. The number of aldehydes is 1. The second-order valence-electron chi connectivity index (χ2n) is 4.95. The summed E-state index contributed by atoms with van der Waals surface area (Å²) >= 11 is 0. The molecule has 1 unspecified atom stereocenters. The minimum Gasteiger partial charge on any atom is -0.497 e. The first-order valence-corrected chi connectivity index (χ1v) is 6.58. The summed E-state index contributed by atoms with van der Waals surface area (Å²) in [6, 6.07) is 5.82. The van der Waals surface area contributed by atoms with Gasteiger partial charge in [0.2, 0.25) is 0 Å². The van der Waals surface area contributed by atoms with E-state index in [0.29, 0.717) is 18.9 Å². The SMILES string of the molecule is COc1ccc(C[C@@H](C)CC=O)c(OCC2CO2)c1. The van der Waals surface area contributed by atoms with Crippen molar-refractivity contribution in [1.29, 1.82) is 0 Å². The van der Waals surface area contributed by atoms with E-state index in [0.717, 1.165) is 36.4 Å². The van der Waals surface area contributed by atoms with E-state index in [4.69, 9.17) is 14.2 Å². The van der Waals surface area contributed by atoms with Crippen LogP contribution in [-0.2, 0) is 16.0 Å². The molecule has 0 aliphatic carbocycles. The monoisotopic (exact) mass is 264 g/mol. The Morgan fingerprint density at radius 2 is 2.32 bits per heavy atom. The molecule has 0 radical (unpaired) electrons. The molecule has 104 valence electrons. The molecule has 1 aromatic rings. The number of rotatable bonds is 8. The number of hydrogen-bond acceptors (Lipinski definition) is 4. The number of hydrogen-bond donors (Lipinski definition) is 0. The number of benzene rings is 1. The van der Waals surface area contributed by atoms with Gasteiger partial charge in [-0.05, 0) is 24.0 Å². The van der Waals surface area contributed by atoms with Gasteiger partial charge in [-0.1, -0.05) is 13.0 Å². The molecule has 2 atom stereocenters. The molecule has 0 N–H and O–H groups in total. The molecule has 0 saturated carbocycles. The van der Waals surface area contributed by atoms with Crippen LogP contribution in [0.1, 0.15) is 18.9 Å². The number of methoxy groups -OCH3 is 1. The first-order valence-electron chi connectivity index (χ1n) is 6.58. The lowest BCUT2D eigenvalue weighted by atomic mass is 9.98. The summed E-state index contributed by atoms with van der Waals surface area (Å²) in [5, 5.41) is 0. The molecular weight excluding hydrogens is 244 g/mol. The Morgan fingerprint density at radius 1 is 1.53 bits per heavy atom. The molecule has 0 bridgehead atoms. The second kappa shape index (κ2) is 6.57. The number of ether oxygens (including phenoxy) is 3. The normalized spacial score (nSPS) is 18.7. The first kappa shape index (κ1) is 13.9. The Labute approximate surface area is 113 Å². The zero-order chi connectivity index (χ0) is 13.7. The van der Waals surface area contributed by atoms with E-state index in [1.807, 2.05) is 18.2 Å². The fourth-order valence-electron chi connectivity index (χ4n) is 1.93. The Kier molecular flexibility index (Phi) is 4.80. The lowest BCUT2D eigenvalue weighted by Gasteiger charge is -2.14. The number of epoxide rings is 1. The van der Waals surface area contributed by atoms with Gasteiger partial charge in [0.25, 0.3) is 0 Å². The summed E-state index contributed by atoms with van der Waals surface area (Å²) < 4.78 is 16.2. The predicted octanol–water partition coefficient (Wildman–Crippen LogP) is 2.24. The molecule has 1 saturated heterocycles. The topological polar surface area (TPSA) is 48.1 Å². The Bertz CT molecular complexity index is 426. The van der Waals surface area contributed by atoms with E-state index in [1.54, 1.807) is 7.11 Å². The maximum absolute atomic E-state index is 10.5. The molecule has 1 aromatic carbocycles. The average molecular weight is 264 g/mol. The van der Waals surface area contributed by atoms with E-state index in [9.17, 15) is 4.79 Å². The highest BCUT2D eigenvalue weighted by atomic mass is 16.6.